The highest BCUT2D eigenvalue weighted by molar-refractivity contribution is 5.00. The lowest BCUT2D eigenvalue weighted by molar-refractivity contribution is 0.194. The molecule has 94 valence electrons. The predicted molar refractivity (Wildman–Crippen MR) is 63.8 cm³/mol. The molecule has 0 amide bonds. The summed E-state index contributed by atoms with van der Waals surface area (Å²) in [5.41, 5.74) is 0. The quantitative estimate of drug-likeness (QED) is 0.792. The number of hydrogen-bond acceptors (Lipinski definition) is 4. The molecule has 1 fully saturated rings. The second-order valence-corrected chi connectivity index (χ2v) is 5.18. The molecule has 1 saturated heterocycles. The van der Waals surface area contributed by atoms with Gasteiger partial charge in [0.1, 0.15) is 5.82 Å². The number of aliphatic hydroxyl groups is 1. The Labute approximate surface area is 101 Å². The molecule has 0 spiro atoms. The number of aromatic nitrogens is 3. The molecule has 5 nitrogen and oxygen atoms in total. The van der Waals surface area contributed by atoms with E-state index < -0.39 is 0 Å². The predicted octanol–water partition coefficient (Wildman–Crippen LogP) is 0.300. The van der Waals surface area contributed by atoms with Gasteiger partial charge in [-0.15, -0.1) is 0 Å². The molecule has 0 saturated carbocycles. The largest absolute Gasteiger partial charge is 0.394 e. The molecule has 2 aliphatic heterocycles. The first-order chi connectivity index (χ1) is 8.36. The Morgan fingerprint density at radius 1 is 1.41 bits per heavy atom. The van der Waals surface area contributed by atoms with Crippen LogP contribution >= 0.6 is 0 Å². The van der Waals surface area contributed by atoms with Crippen molar-refractivity contribution in [3.05, 3.63) is 11.6 Å². The van der Waals surface area contributed by atoms with Crippen LogP contribution in [0, 0.1) is 5.92 Å². The van der Waals surface area contributed by atoms with E-state index in [9.17, 15) is 5.11 Å². The van der Waals surface area contributed by atoms with Crippen LogP contribution in [0.5, 0.6) is 0 Å². The highest BCUT2D eigenvalue weighted by atomic mass is 16.3. The van der Waals surface area contributed by atoms with Gasteiger partial charge in [-0.2, -0.15) is 5.10 Å². The average molecular weight is 236 g/mol. The number of nitrogens with zero attached hydrogens (tertiary/aromatic N) is 3. The lowest BCUT2D eigenvalue weighted by Crippen LogP contribution is -2.22. The SMILES string of the molecule is OCC1CCCc2nc(CC3CCNC3)nn21. The number of rotatable bonds is 3. The van der Waals surface area contributed by atoms with Gasteiger partial charge in [0.15, 0.2) is 5.82 Å². The van der Waals surface area contributed by atoms with E-state index in [1.807, 2.05) is 4.68 Å². The monoisotopic (exact) mass is 236 g/mol. The van der Waals surface area contributed by atoms with Crippen LogP contribution in [0.1, 0.15) is 37.0 Å². The number of fused-ring (bicyclic) bond motifs is 1. The highest BCUT2D eigenvalue weighted by Gasteiger charge is 2.24. The van der Waals surface area contributed by atoms with Crippen molar-refractivity contribution in [2.45, 2.75) is 38.1 Å². The van der Waals surface area contributed by atoms with E-state index in [2.05, 4.69) is 15.4 Å². The Morgan fingerprint density at radius 2 is 2.35 bits per heavy atom. The van der Waals surface area contributed by atoms with E-state index in [0.29, 0.717) is 5.92 Å². The third-order valence-electron chi connectivity index (χ3n) is 3.87. The van der Waals surface area contributed by atoms with Crippen molar-refractivity contribution in [2.24, 2.45) is 5.92 Å². The standard InChI is InChI=1S/C12H20N4O/c17-8-10-2-1-3-12-14-11(15-16(10)12)6-9-4-5-13-7-9/h9-10,13,17H,1-8H2. The minimum absolute atomic E-state index is 0.154. The maximum Gasteiger partial charge on any atom is 0.151 e. The third kappa shape index (κ3) is 2.21. The van der Waals surface area contributed by atoms with E-state index in [0.717, 1.165) is 50.4 Å². The summed E-state index contributed by atoms with van der Waals surface area (Å²) in [4.78, 5) is 4.63. The summed E-state index contributed by atoms with van der Waals surface area (Å²) in [6.07, 6.45) is 5.36. The van der Waals surface area contributed by atoms with E-state index in [1.165, 1.54) is 6.42 Å². The van der Waals surface area contributed by atoms with Crippen LogP contribution in [-0.2, 0) is 12.8 Å². The first kappa shape index (κ1) is 11.2. The molecule has 0 bridgehead atoms. The zero-order valence-corrected chi connectivity index (χ0v) is 10.1. The second kappa shape index (κ2) is 4.74. The number of aliphatic hydroxyl groups excluding tert-OH is 1. The molecular weight excluding hydrogens is 216 g/mol. The molecule has 17 heavy (non-hydrogen) atoms. The van der Waals surface area contributed by atoms with Gasteiger partial charge in [-0.3, -0.25) is 0 Å². The van der Waals surface area contributed by atoms with Crippen molar-refractivity contribution in [3.63, 3.8) is 0 Å². The molecule has 3 heterocycles. The number of hydrogen-bond donors (Lipinski definition) is 2. The minimum Gasteiger partial charge on any atom is -0.394 e. The van der Waals surface area contributed by atoms with Gasteiger partial charge in [0.2, 0.25) is 0 Å². The zero-order valence-electron chi connectivity index (χ0n) is 10.1. The first-order valence-corrected chi connectivity index (χ1v) is 6.62. The molecular formula is C12H20N4O. The van der Waals surface area contributed by atoms with Gasteiger partial charge in [-0.05, 0) is 38.3 Å². The van der Waals surface area contributed by atoms with Crippen LogP contribution < -0.4 is 5.32 Å². The van der Waals surface area contributed by atoms with E-state index in [1.54, 1.807) is 0 Å². The van der Waals surface area contributed by atoms with Crippen molar-refractivity contribution >= 4 is 0 Å². The van der Waals surface area contributed by atoms with Gasteiger partial charge < -0.3 is 10.4 Å². The smallest absolute Gasteiger partial charge is 0.151 e. The summed E-state index contributed by atoms with van der Waals surface area (Å²) in [5, 5.41) is 17.3. The molecule has 2 N–H and O–H groups in total. The van der Waals surface area contributed by atoms with Crippen LogP contribution in [-0.4, -0.2) is 39.6 Å². The Balaban J connectivity index is 1.75. The van der Waals surface area contributed by atoms with Gasteiger partial charge >= 0.3 is 0 Å². The molecule has 1 aromatic heterocycles. The number of nitrogens with one attached hydrogen (secondary N) is 1. The molecule has 0 radical (unpaired) electrons. The molecule has 0 aliphatic carbocycles. The van der Waals surface area contributed by atoms with Gasteiger partial charge in [-0.25, -0.2) is 9.67 Å². The molecule has 2 atom stereocenters. The molecule has 0 aromatic carbocycles. The van der Waals surface area contributed by atoms with Crippen molar-refractivity contribution < 1.29 is 5.11 Å². The van der Waals surface area contributed by atoms with Crippen molar-refractivity contribution in [3.8, 4) is 0 Å². The summed E-state index contributed by atoms with van der Waals surface area (Å²) in [6.45, 7) is 2.39. The van der Waals surface area contributed by atoms with Crippen LogP contribution in [0.15, 0.2) is 0 Å². The van der Waals surface area contributed by atoms with Crippen LogP contribution in [0.4, 0.5) is 0 Å². The summed E-state index contributed by atoms with van der Waals surface area (Å²) in [6, 6.07) is 0.154. The van der Waals surface area contributed by atoms with Gasteiger partial charge in [0, 0.05) is 12.8 Å². The summed E-state index contributed by atoms with van der Waals surface area (Å²) in [7, 11) is 0. The maximum atomic E-state index is 9.33. The zero-order chi connectivity index (χ0) is 11.7. The summed E-state index contributed by atoms with van der Waals surface area (Å²) in [5.74, 6) is 2.72. The van der Waals surface area contributed by atoms with E-state index in [4.69, 9.17) is 0 Å². The topological polar surface area (TPSA) is 63.0 Å². The third-order valence-corrected chi connectivity index (χ3v) is 3.87. The van der Waals surface area contributed by atoms with Crippen LogP contribution in [0.25, 0.3) is 0 Å². The molecule has 1 aromatic rings. The van der Waals surface area contributed by atoms with Crippen LogP contribution in [0.3, 0.4) is 0 Å². The fraction of sp³-hybridized carbons (Fsp3) is 0.833. The Bertz CT molecular complexity index is 384. The van der Waals surface area contributed by atoms with Gasteiger partial charge in [-0.1, -0.05) is 0 Å². The average Bonchev–Trinajstić information content (AvgIpc) is 2.97. The Hall–Kier alpha value is -0.940. The fourth-order valence-electron chi connectivity index (χ4n) is 2.89. The fourth-order valence-corrected chi connectivity index (χ4v) is 2.89. The lowest BCUT2D eigenvalue weighted by atomic mass is 10.1. The lowest BCUT2D eigenvalue weighted by Gasteiger charge is -2.20. The summed E-state index contributed by atoms with van der Waals surface area (Å²) < 4.78 is 1.96. The maximum absolute atomic E-state index is 9.33. The normalized spacial score (nSPS) is 28.3. The Kier molecular flexibility index (Phi) is 3.11. The second-order valence-electron chi connectivity index (χ2n) is 5.18. The molecule has 3 rings (SSSR count). The van der Waals surface area contributed by atoms with Crippen molar-refractivity contribution in [1.82, 2.24) is 20.1 Å². The van der Waals surface area contributed by atoms with E-state index >= 15 is 0 Å². The highest BCUT2D eigenvalue weighted by Crippen LogP contribution is 2.23. The van der Waals surface area contributed by atoms with Gasteiger partial charge in [0.25, 0.3) is 0 Å². The minimum atomic E-state index is 0.154. The van der Waals surface area contributed by atoms with E-state index in [-0.39, 0.29) is 12.6 Å². The molecule has 2 aliphatic rings. The Morgan fingerprint density at radius 3 is 3.12 bits per heavy atom. The molecule has 5 heteroatoms. The van der Waals surface area contributed by atoms with Crippen LogP contribution in [0.2, 0.25) is 0 Å². The number of aryl methyl sites for hydroxylation is 1. The van der Waals surface area contributed by atoms with Gasteiger partial charge in [0.05, 0.1) is 12.6 Å². The summed E-state index contributed by atoms with van der Waals surface area (Å²) >= 11 is 0. The van der Waals surface area contributed by atoms with Crippen molar-refractivity contribution in [2.75, 3.05) is 19.7 Å². The van der Waals surface area contributed by atoms with Crippen molar-refractivity contribution in [1.29, 1.82) is 0 Å². The first-order valence-electron chi connectivity index (χ1n) is 6.62. The molecule has 2 unspecified atom stereocenters.